The highest BCUT2D eigenvalue weighted by molar-refractivity contribution is 9.10. The Balaban J connectivity index is 2.29. The second kappa shape index (κ2) is 6.03. The van der Waals surface area contributed by atoms with Gasteiger partial charge in [0.1, 0.15) is 0 Å². The van der Waals surface area contributed by atoms with Gasteiger partial charge in [0.2, 0.25) is 10.0 Å². The summed E-state index contributed by atoms with van der Waals surface area (Å²) >= 11 is 6.76. The van der Waals surface area contributed by atoms with Gasteiger partial charge < -0.3 is 0 Å². The summed E-state index contributed by atoms with van der Waals surface area (Å²) in [7, 11) is -3.37. The van der Waals surface area contributed by atoms with E-state index in [4.69, 9.17) is 0 Å². The number of rotatable bonds is 3. The number of piperidine rings is 1. The molecule has 6 heteroatoms. The number of halogens is 2. The van der Waals surface area contributed by atoms with Crippen LogP contribution in [0.15, 0.2) is 33.6 Å². The number of benzene rings is 1. The summed E-state index contributed by atoms with van der Waals surface area (Å²) < 4.78 is 27.3. The van der Waals surface area contributed by atoms with E-state index in [1.54, 1.807) is 22.5 Å². The largest absolute Gasteiger partial charge is 0.244 e. The Hall–Kier alpha value is 0.0900. The average Bonchev–Trinajstić information content (AvgIpc) is 2.39. The Labute approximate surface area is 125 Å². The first-order valence-electron chi connectivity index (χ1n) is 5.86. The van der Waals surface area contributed by atoms with Crippen LogP contribution < -0.4 is 0 Å². The van der Waals surface area contributed by atoms with Gasteiger partial charge in [0.05, 0.1) is 4.90 Å². The van der Waals surface area contributed by atoms with Gasteiger partial charge in [-0.05, 0) is 46.8 Å². The summed E-state index contributed by atoms with van der Waals surface area (Å²) in [5.41, 5.74) is 0. The van der Waals surface area contributed by atoms with Crippen LogP contribution >= 0.6 is 31.9 Å². The van der Waals surface area contributed by atoms with E-state index in [9.17, 15) is 8.42 Å². The van der Waals surface area contributed by atoms with Gasteiger partial charge in [-0.3, -0.25) is 0 Å². The van der Waals surface area contributed by atoms with Crippen molar-refractivity contribution in [3.05, 3.63) is 28.7 Å². The van der Waals surface area contributed by atoms with Gasteiger partial charge in [-0.15, -0.1) is 0 Å². The third-order valence-electron chi connectivity index (χ3n) is 3.15. The van der Waals surface area contributed by atoms with E-state index in [2.05, 4.69) is 31.9 Å². The topological polar surface area (TPSA) is 37.4 Å². The lowest BCUT2D eigenvalue weighted by atomic mass is 10.0. The molecule has 0 radical (unpaired) electrons. The quantitative estimate of drug-likeness (QED) is 0.735. The maximum atomic E-state index is 12.6. The van der Waals surface area contributed by atoms with Crippen molar-refractivity contribution < 1.29 is 8.42 Å². The molecule has 0 spiro atoms. The van der Waals surface area contributed by atoms with E-state index in [1.807, 2.05) is 6.07 Å². The SMILES string of the molecule is O=S(=O)(c1ccccc1Br)N1CCCC(CBr)C1. The van der Waals surface area contributed by atoms with Crippen molar-refractivity contribution >= 4 is 41.9 Å². The van der Waals surface area contributed by atoms with E-state index < -0.39 is 10.0 Å². The molecule has 1 aliphatic rings. The van der Waals surface area contributed by atoms with Gasteiger partial charge in [-0.2, -0.15) is 4.31 Å². The number of sulfonamides is 1. The van der Waals surface area contributed by atoms with Gasteiger partial charge in [0, 0.05) is 22.9 Å². The van der Waals surface area contributed by atoms with Crippen LogP contribution in [0.5, 0.6) is 0 Å². The zero-order valence-electron chi connectivity index (χ0n) is 9.85. The highest BCUT2D eigenvalue weighted by Gasteiger charge is 2.30. The van der Waals surface area contributed by atoms with E-state index >= 15 is 0 Å². The van der Waals surface area contributed by atoms with Crippen molar-refractivity contribution in [1.29, 1.82) is 0 Å². The monoisotopic (exact) mass is 395 g/mol. The first-order chi connectivity index (χ1) is 8.55. The third-order valence-corrected chi connectivity index (χ3v) is 6.95. The van der Waals surface area contributed by atoms with Crippen molar-refractivity contribution in [2.24, 2.45) is 5.92 Å². The molecule has 3 nitrogen and oxygen atoms in total. The van der Waals surface area contributed by atoms with Crippen molar-refractivity contribution in [3.63, 3.8) is 0 Å². The molecule has 1 heterocycles. The van der Waals surface area contributed by atoms with Crippen LogP contribution in [0.25, 0.3) is 0 Å². The summed E-state index contributed by atoms with van der Waals surface area (Å²) in [6.45, 7) is 1.22. The van der Waals surface area contributed by atoms with Gasteiger partial charge >= 0.3 is 0 Å². The third kappa shape index (κ3) is 2.98. The molecule has 1 aromatic rings. The van der Waals surface area contributed by atoms with E-state index in [1.165, 1.54) is 0 Å². The maximum Gasteiger partial charge on any atom is 0.244 e. The number of hydrogen-bond acceptors (Lipinski definition) is 2. The van der Waals surface area contributed by atoms with Crippen molar-refractivity contribution in [1.82, 2.24) is 4.31 Å². The zero-order valence-corrected chi connectivity index (χ0v) is 13.8. The second-order valence-electron chi connectivity index (χ2n) is 4.46. The van der Waals surface area contributed by atoms with Crippen LogP contribution in [0.3, 0.4) is 0 Å². The van der Waals surface area contributed by atoms with Crippen LogP contribution in [0, 0.1) is 5.92 Å². The predicted octanol–water partition coefficient (Wildman–Crippen LogP) is 3.24. The second-order valence-corrected chi connectivity index (χ2v) is 7.86. The lowest BCUT2D eigenvalue weighted by Gasteiger charge is -2.31. The fraction of sp³-hybridized carbons (Fsp3) is 0.500. The minimum Gasteiger partial charge on any atom is -0.207 e. The lowest BCUT2D eigenvalue weighted by molar-refractivity contribution is 0.285. The van der Waals surface area contributed by atoms with Crippen molar-refractivity contribution in [2.45, 2.75) is 17.7 Å². The van der Waals surface area contributed by atoms with Crippen LogP contribution in [-0.4, -0.2) is 31.1 Å². The van der Waals surface area contributed by atoms with Gasteiger partial charge in [-0.25, -0.2) is 8.42 Å². The van der Waals surface area contributed by atoms with Crippen molar-refractivity contribution in [3.8, 4) is 0 Å². The highest BCUT2D eigenvalue weighted by Crippen LogP contribution is 2.28. The normalized spacial score (nSPS) is 22.0. The van der Waals surface area contributed by atoms with Crippen LogP contribution in [0.2, 0.25) is 0 Å². The first-order valence-corrected chi connectivity index (χ1v) is 9.22. The van der Waals surface area contributed by atoms with Gasteiger partial charge in [0.15, 0.2) is 0 Å². The zero-order chi connectivity index (χ0) is 13.2. The Morgan fingerprint density at radius 3 is 2.72 bits per heavy atom. The Morgan fingerprint density at radius 1 is 1.33 bits per heavy atom. The molecule has 0 saturated carbocycles. The highest BCUT2D eigenvalue weighted by atomic mass is 79.9. The molecule has 18 heavy (non-hydrogen) atoms. The molecule has 0 aromatic heterocycles. The molecule has 1 aromatic carbocycles. The Bertz CT molecular complexity index is 519. The molecule has 2 rings (SSSR count). The van der Waals surface area contributed by atoms with Crippen LogP contribution in [-0.2, 0) is 10.0 Å². The minimum atomic E-state index is -3.37. The summed E-state index contributed by atoms with van der Waals surface area (Å²) in [4.78, 5) is 0.361. The molecule has 1 fully saturated rings. The molecule has 0 N–H and O–H groups in total. The van der Waals surface area contributed by atoms with E-state index in [0.717, 1.165) is 18.2 Å². The van der Waals surface area contributed by atoms with Crippen LogP contribution in [0.4, 0.5) is 0 Å². The standard InChI is InChI=1S/C12H15Br2NO2S/c13-8-10-4-3-7-15(9-10)18(16,17)12-6-2-1-5-11(12)14/h1-2,5-6,10H,3-4,7-9H2. The molecule has 1 aliphatic heterocycles. The van der Waals surface area contributed by atoms with E-state index in [-0.39, 0.29) is 0 Å². The molecule has 1 saturated heterocycles. The van der Waals surface area contributed by atoms with E-state index in [0.29, 0.717) is 28.4 Å². The molecule has 1 atom stereocenters. The fourth-order valence-corrected chi connectivity index (χ4v) is 5.21. The Morgan fingerprint density at radius 2 is 2.06 bits per heavy atom. The average molecular weight is 397 g/mol. The molecule has 0 aliphatic carbocycles. The Kier molecular flexibility index (Phi) is 4.86. The minimum absolute atomic E-state index is 0.361. The van der Waals surface area contributed by atoms with Crippen molar-refractivity contribution in [2.75, 3.05) is 18.4 Å². The predicted molar refractivity (Wildman–Crippen MR) is 79.4 cm³/mol. The molecular weight excluding hydrogens is 382 g/mol. The molecule has 1 unspecified atom stereocenters. The summed E-state index contributed by atoms with van der Waals surface area (Å²) in [6.07, 6.45) is 2.02. The number of hydrogen-bond donors (Lipinski definition) is 0. The fourth-order valence-electron chi connectivity index (χ4n) is 2.16. The van der Waals surface area contributed by atoms with Gasteiger partial charge in [0.25, 0.3) is 0 Å². The molecule has 0 amide bonds. The number of alkyl halides is 1. The molecule has 0 bridgehead atoms. The molecular formula is C12H15Br2NO2S. The number of nitrogens with zero attached hydrogens (tertiary/aromatic N) is 1. The summed E-state index contributed by atoms with van der Waals surface area (Å²) in [5, 5.41) is 0.856. The first kappa shape index (κ1) is 14.5. The van der Waals surface area contributed by atoms with Gasteiger partial charge in [-0.1, -0.05) is 28.1 Å². The lowest BCUT2D eigenvalue weighted by Crippen LogP contribution is -2.40. The maximum absolute atomic E-state index is 12.6. The summed E-state index contributed by atoms with van der Waals surface area (Å²) in [6, 6.07) is 6.99. The smallest absolute Gasteiger partial charge is 0.207 e. The summed E-state index contributed by atoms with van der Waals surface area (Å²) in [5.74, 6) is 0.413. The molecule has 100 valence electrons. The van der Waals surface area contributed by atoms with Crippen LogP contribution in [0.1, 0.15) is 12.8 Å².